The quantitative estimate of drug-likeness (QED) is 0.413. The van der Waals surface area contributed by atoms with Crippen LogP contribution in [0.5, 0.6) is 0 Å². The van der Waals surface area contributed by atoms with Gasteiger partial charge < -0.3 is 0 Å². The van der Waals surface area contributed by atoms with Gasteiger partial charge in [0.2, 0.25) is 5.52 Å². The zero-order valence-electron chi connectivity index (χ0n) is 11.4. The second kappa shape index (κ2) is 3.81. The standard InChI is InChI=1S/C17H18N/c1-11-9-10-15-14-7-5-6-8-16(14)18(4)13(3)17(15)12(11)2/h5-10H,1-4H3/q+1. The van der Waals surface area contributed by atoms with Crippen LogP contribution in [0.15, 0.2) is 36.4 Å². The molecule has 1 heterocycles. The van der Waals surface area contributed by atoms with E-state index in [9.17, 15) is 0 Å². The lowest BCUT2D eigenvalue weighted by molar-refractivity contribution is -0.649. The monoisotopic (exact) mass is 236 g/mol. The first-order valence-electron chi connectivity index (χ1n) is 6.38. The molecular weight excluding hydrogens is 218 g/mol. The van der Waals surface area contributed by atoms with Gasteiger partial charge in [0.05, 0.1) is 10.8 Å². The van der Waals surface area contributed by atoms with E-state index in [1.54, 1.807) is 0 Å². The number of aromatic nitrogens is 1. The van der Waals surface area contributed by atoms with E-state index in [1.165, 1.54) is 38.5 Å². The van der Waals surface area contributed by atoms with Gasteiger partial charge in [0.15, 0.2) is 5.69 Å². The number of benzene rings is 2. The lowest BCUT2D eigenvalue weighted by Gasteiger charge is -2.10. The molecule has 0 unspecified atom stereocenters. The molecule has 0 radical (unpaired) electrons. The predicted octanol–water partition coefficient (Wildman–Crippen LogP) is 3.74. The number of hydrogen-bond acceptors (Lipinski definition) is 0. The van der Waals surface area contributed by atoms with Gasteiger partial charge in [0.1, 0.15) is 7.05 Å². The summed E-state index contributed by atoms with van der Waals surface area (Å²) in [7, 11) is 2.15. The van der Waals surface area contributed by atoms with Gasteiger partial charge in [0.25, 0.3) is 0 Å². The molecule has 0 aliphatic carbocycles. The van der Waals surface area contributed by atoms with Gasteiger partial charge in [-0.15, -0.1) is 0 Å². The average Bonchev–Trinajstić information content (AvgIpc) is 2.39. The molecule has 0 fully saturated rings. The SMILES string of the molecule is Cc1ccc2c(c1C)c(C)[n+](C)c1ccccc21. The summed E-state index contributed by atoms with van der Waals surface area (Å²) in [5, 5.41) is 4.10. The molecule has 0 atom stereocenters. The molecule has 0 amide bonds. The summed E-state index contributed by atoms with van der Waals surface area (Å²) in [6.45, 7) is 6.62. The summed E-state index contributed by atoms with van der Waals surface area (Å²) in [5.41, 5.74) is 5.39. The van der Waals surface area contributed by atoms with E-state index >= 15 is 0 Å². The summed E-state index contributed by atoms with van der Waals surface area (Å²) < 4.78 is 2.30. The van der Waals surface area contributed by atoms with Gasteiger partial charge in [-0.1, -0.05) is 24.3 Å². The summed E-state index contributed by atoms with van der Waals surface area (Å²) >= 11 is 0. The highest BCUT2D eigenvalue weighted by Gasteiger charge is 2.16. The topological polar surface area (TPSA) is 3.88 Å². The third-order valence-electron chi connectivity index (χ3n) is 4.16. The Balaban J connectivity index is 2.69. The minimum atomic E-state index is 1.30. The van der Waals surface area contributed by atoms with Crippen molar-refractivity contribution in [2.45, 2.75) is 20.8 Å². The third kappa shape index (κ3) is 1.37. The lowest BCUT2D eigenvalue weighted by atomic mass is 9.97. The van der Waals surface area contributed by atoms with Gasteiger partial charge in [-0.05, 0) is 31.0 Å². The maximum absolute atomic E-state index is 2.30. The van der Waals surface area contributed by atoms with Crippen LogP contribution in [0.1, 0.15) is 16.8 Å². The molecule has 0 bridgehead atoms. The Morgan fingerprint density at radius 1 is 0.833 bits per heavy atom. The van der Waals surface area contributed by atoms with Crippen LogP contribution in [0.3, 0.4) is 0 Å². The Hall–Kier alpha value is -1.89. The van der Waals surface area contributed by atoms with Crippen LogP contribution in [0.4, 0.5) is 0 Å². The highest BCUT2D eigenvalue weighted by molar-refractivity contribution is 6.06. The first-order valence-corrected chi connectivity index (χ1v) is 6.38. The second-order valence-electron chi connectivity index (χ2n) is 5.09. The van der Waals surface area contributed by atoms with E-state index in [0.29, 0.717) is 0 Å². The second-order valence-corrected chi connectivity index (χ2v) is 5.09. The van der Waals surface area contributed by atoms with Crippen molar-refractivity contribution in [3.8, 4) is 0 Å². The molecule has 0 aliphatic rings. The van der Waals surface area contributed by atoms with Crippen molar-refractivity contribution in [3.63, 3.8) is 0 Å². The molecule has 90 valence electrons. The number of rotatable bonds is 0. The molecule has 1 aromatic heterocycles. The Morgan fingerprint density at radius 2 is 1.56 bits per heavy atom. The molecule has 0 aliphatic heterocycles. The predicted molar refractivity (Wildman–Crippen MR) is 76.8 cm³/mol. The van der Waals surface area contributed by atoms with E-state index in [0.717, 1.165) is 0 Å². The fraction of sp³-hybridized carbons (Fsp3) is 0.235. The van der Waals surface area contributed by atoms with Gasteiger partial charge in [0, 0.05) is 18.4 Å². The van der Waals surface area contributed by atoms with E-state index < -0.39 is 0 Å². The summed E-state index contributed by atoms with van der Waals surface area (Å²) in [5.74, 6) is 0. The molecule has 0 saturated heterocycles. The largest absolute Gasteiger partial charge is 0.213 e. The van der Waals surface area contributed by atoms with Gasteiger partial charge >= 0.3 is 0 Å². The van der Waals surface area contributed by atoms with Gasteiger partial charge in [-0.2, -0.15) is 4.57 Å². The van der Waals surface area contributed by atoms with E-state index in [4.69, 9.17) is 0 Å². The van der Waals surface area contributed by atoms with Crippen LogP contribution < -0.4 is 4.57 Å². The van der Waals surface area contributed by atoms with Crippen LogP contribution >= 0.6 is 0 Å². The lowest BCUT2D eigenvalue weighted by Crippen LogP contribution is -2.33. The number of aryl methyl sites for hydroxylation is 4. The molecule has 3 aromatic rings. The van der Waals surface area contributed by atoms with Crippen molar-refractivity contribution in [2.75, 3.05) is 0 Å². The van der Waals surface area contributed by atoms with Crippen LogP contribution in [0.25, 0.3) is 21.7 Å². The van der Waals surface area contributed by atoms with Crippen LogP contribution in [0, 0.1) is 20.8 Å². The minimum absolute atomic E-state index is 1.30. The molecule has 0 N–H and O–H groups in total. The van der Waals surface area contributed by atoms with Crippen LogP contribution in [-0.4, -0.2) is 0 Å². The number of fused-ring (bicyclic) bond motifs is 3. The molecule has 2 aromatic carbocycles. The van der Waals surface area contributed by atoms with Crippen LogP contribution in [-0.2, 0) is 7.05 Å². The molecule has 1 heteroatoms. The van der Waals surface area contributed by atoms with Gasteiger partial charge in [-0.25, -0.2) is 0 Å². The van der Waals surface area contributed by atoms with Gasteiger partial charge in [-0.3, -0.25) is 0 Å². The Kier molecular flexibility index (Phi) is 2.37. The minimum Gasteiger partial charge on any atom is -0.198 e. The molecular formula is C17H18N+. The number of para-hydroxylation sites is 1. The summed E-state index contributed by atoms with van der Waals surface area (Å²) in [6.07, 6.45) is 0. The van der Waals surface area contributed by atoms with E-state index in [-0.39, 0.29) is 0 Å². The average molecular weight is 236 g/mol. The van der Waals surface area contributed by atoms with Crippen molar-refractivity contribution in [1.29, 1.82) is 0 Å². The Labute approximate surface area is 108 Å². The summed E-state index contributed by atoms with van der Waals surface area (Å²) in [6, 6.07) is 13.1. The fourth-order valence-corrected chi connectivity index (χ4v) is 2.85. The van der Waals surface area contributed by atoms with E-state index in [1.807, 2.05) is 0 Å². The van der Waals surface area contributed by atoms with Crippen molar-refractivity contribution in [1.82, 2.24) is 0 Å². The third-order valence-corrected chi connectivity index (χ3v) is 4.16. The smallest absolute Gasteiger partial charge is 0.198 e. The Morgan fingerprint density at radius 3 is 2.33 bits per heavy atom. The zero-order valence-corrected chi connectivity index (χ0v) is 11.4. The highest BCUT2D eigenvalue weighted by Crippen LogP contribution is 2.28. The maximum atomic E-state index is 2.30. The van der Waals surface area contributed by atoms with Crippen molar-refractivity contribution >= 4 is 21.7 Å². The normalized spacial score (nSPS) is 11.3. The van der Waals surface area contributed by atoms with Crippen LogP contribution in [0.2, 0.25) is 0 Å². The maximum Gasteiger partial charge on any atom is 0.213 e. The molecule has 0 saturated carbocycles. The number of pyridine rings is 1. The number of hydrogen-bond donors (Lipinski definition) is 0. The first kappa shape index (κ1) is 11.2. The van der Waals surface area contributed by atoms with Crippen molar-refractivity contribution in [3.05, 3.63) is 53.2 Å². The molecule has 3 rings (SSSR count). The fourth-order valence-electron chi connectivity index (χ4n) is 2.85. The highest BCUT2D eigenvalue weighted by atomic mass is 14.9. The first-order chi connectivity index (χ1) is 8.61. The zero-order chi connectivity index (χ0) is 12.9. The molecule has 0 spiro atoms. The Bertz CT molecular complexity index is 770. The number of nitrogens with zero attached hydrogens (tertiary/aromatic N) is 1. The van der Waals surface area contributed by atoms with Crippen molar-refractivity contribution < 1.29 is 4.57 Å². The van der Waals surface area contributed by atoms with E-state index in [2.05, 4.69) is 68.8 Å². The molecule has 1 nitrogen and oxygen atoms in total. The summed E-state index contributed by atoms with van der Waals surface area (Å²) in [4.78, 5) is 0. The molecule has 18 heavy (non-hydrogen) atoms. The van der Waals surface area contributed by atoms with Crippen molar-refractivity contribution in [2.24, 2.45) is 7.05 Å².